The lowest BCUT2D eigenvalue weighted by atomic mass is 10.1. The van der Waals surface area contributed by atoms with Gasteiger partial charge in [-0.05, 0) is 17.7 Å². The predicted octanol–water partition coefficient (Wildman–Crippen LogP) is 1.25. The van der Waals surface area contributed by atoms with Gasteiger partial charge in [0, 0.05) is 0 Å². The first-order valence-electron chi connectivity index (χ1n) is 4.45. The van der Waals surface area contributed by atoms with Crippen molar-refractivity contribution in [2.24, 2.45) is 10.7 Å². The molecule has 2 rings (SSSR count). The van der Waals surface area contributed by atoms with Crippen LogP contribution in [0, 0.1) is 5.82 Å². The normalized spacial score (nSPS) is 20.4. The maximum atomic E-state index is 12.6. The molecule has 14 heavy (non-hydrogen) atoms. The lowest BCUT2D eigenvalue weighted by Crippen LogP contribution is -2.14. The number of nitrogens with zero attached hydrogens (tertiary/aromatic N) is 1. The third-order valence-electron chi connectivity index (χ3n) is 2.13. The van der Waals surface area contributed by atoms with Crippen LogP contribution in [0.15, 0.2) is 29.3 Å². The molecule has 1 aromatic carbocycles. The first-order valence-corrected chi connectivity index (χ1v) is 4.45. The molecular formula is C10H11FN2O. The van der Waals surface area contributed by atoms with Gasteiger partial charge in [0.15, 0.2) is 5.90 Å². The van der Waals surface area contributed by atoms with Crippen LogP contribution in [-0.2, 0) is 4.74 Å². The summed E-state index contributed by atoms with van der Waals surface area (Å²) >= 11 is 0. The topological polar surface area (TPSA) is 47.6 Å². The minimum Gasteiger partial charge on any atom is -0.470 e. The Labute approximate surface area is 81.4 Å². The molecule has 2 N–H and O–H groups in total. The highest BCUT2D eigenvalue weighted by molar-refractivity contribution is 5.79. The largest absolute Gasteiger partial charge is 0.470 e. The Balaban J connectivity index is 2.08. The Hall–Kier alpha value is -1.42. The Morgan fingerprint density at radius 2 is 2.14 bits per heavy atom. The monoisotopic (exact) mass is 194 g/mol. The van der Waals surface area contributed by atoms with Crippen molar-refractivity contribution in [1.29, 1.82) is 0 Å². The average molecular weight is 194 g/mol. The van der Waals surface area contributed by atoms with Gasteiger partial charge in [-0.3, -0.25) is 4.99 Å². The van der Waals surface area contributed by atoms with Gasteiger partial charge in [0.25, 0.3) is 0 Å². The van der Waals surface area contributed by atoms with Gasteiger partial charge in [-0.2, -0.15) is 0 Å². The Morgan fingerprint density at radius 3 is 2.71 bits per heavy atom. The van der Waals surface area contributed by atoms with Crippen molar-refractivity contribution < 1.29 is 9.13 Å². The Kier molecular flexibility index (Phi) is 2.45. The summed E-state index contributed by atoms with van der Waals surface area (Å²) < 4.78 is 18.1. The molecule has 1 unspecified atom stereocenters. The summed E-state index contributed by atoms with van der Waals surface area (Å²) in [6.45, 7) is 0.885. The number of aliphatic imine (C=N–C) groups is 1. The summed E-state index contributed by atoms with van der Waals surface area (Å²) in [5, 5.41) is 0. The molecule has 1 aliphatic rings. The van der Waals surface area contributed by atoms with Crippen LogP contribution < -0.4 is 5.73 Å². The highest BCUT2D eigenvalue weighted by Crippen LogP contribution is 2.22. The molecule has 74 valence electrons. The number of hydrogen-bond donors (Lipinski definition) is 1. The fourth-order valence-electron chi connectivity index (χ4n) is 1.39. The van der Waals surface area contributed by atoms with Gasteiger partial charge >= 0.3 is 0 Å². The molecule has 0 fully saturated rings. The molecule has 0 bridgehead atoms. The minimum atomic E-state index is -0.244. The van der Waals surface area contributed by atoms with Crippen molar-refractivity contribution >= 4 is 5.90 Å². The van der Waals surface area contributed by atoms with E-state index in [2.05, 4.69) is 4.99 Å². The second-order valence-corrected chi connectivity index (χ2v) is 3.10. The van der Waals surface area contributed by atoms with Crippen molar-refractivity contribution in [3.63, 3.8) is 0 Å². The summed E-state index contributed by atoms with van der Waals surface area (Å²) in [6.07, 6.45) is -0.103. The third kappa shape index (κ3) is 1.75. The van der Waals surface area contributed by atoms with Gasteiger partial charge in [-0.15, -0.1) is 0 Å². The van der Waals surface area contributed by atoms with E-state index in [0.29, 0.717) is 19.0 Å². The molecule has 0 radical (unpaired) electrons. The zero-order valence-corrected chi connectivity index (χ0v) is 7.61. The van der Waals surface area contributed by atoms with Crippen LogP contribution in [0.3, 0.4) is 0 Å². The van der Waals surface area contributed by atoms with Crippen LogP contribution in [0.25, 0.3) is 0 Å². The second-order valence-electron chi connectivity index (χ2n) is 3.10. The molecule has 1 atom stereocenters. The van der Waals surface area contributed by atoms with Crippen molar-refractivity contribution in [3.8, 4) is 0 Å². The fraction of sp³-hybridized carbons (Fsp3) is 0.300. The van der Waals surface area contributed by atoms with Crippen molar-refractivity contribution in [2.75, 3.05) is 13.1 Å². The van der Waals surface area contributed by atoms with Gasteiger partial charge < -0.3 is 10.5 Å². The van der Waals surface area contributed by atoms with E-state index in [1.165, 1.54) is 12.1 Å². The van der Waals surface area contributed by atoms with Gasteiger partial charge in [0.05, 0.1) is 13.1 Å². The summed E-state index contributed by atoms with van der Waals surface area (Å²) in [5.74, 6) is 0.325. The van der Waals surface area contributed by atoms with E-state index in [9.17, 15) is 4.39 Å². The van der Waals surface area contributed by atoms with E-state index in [4.69, 9.17) is 10.5 Å². The number of halogens is 1. The first-order chi connectivity index (χ1) is 6.79. The number of nitrogens with two attached hydrogens (primary N) is 1. The zero-order chi connectivity index (χ0) is 9.97. The summed E-state index contributed by atoms with van der Waals surface area (Å²) in [4.78, 5) is 4.11. The van der Waals surface area contributed by atoms with Crippen LogP contribution in [0.2, 0.25) is 0 Å². The molecule has 1 aliphatic heterocycles. The van der Waals surface area contributed by atoms with E-state index >= 15 is 0 Å². The molecular weight excluding hydrogens is 183 g/mol. The number of ether oxygens (including phenoxy) is 1. The van der Waals surface area contributed by atoms with Crippen molar-refractivity contribution in [3.05, 3.63) is 35.6 Å². The first kappa shape index (κ1) is 9.15. The number of rotatable bonds is 2. The number of benzene rings is 1. The van der Waals surface area contributed by atoms with Crippen LogP contribution >= 0.6 is 0 Å². The average Bonchev–Trinajstić information content (AvgIpc) is 2.67. The van der Waals surface area contributed by atoms with Crippen molar-refractivity contribution in [1.82, 2.24) is 0 Å². The Morgan fingerprint density at radius 1 is 1.43 bits per heavy atom. The van der Waals surface area contributed by atoms with Crippen LogP contribution in [0.4, 0.5) is 4.39 Å². The van der Waals surface area contributed by atoms with E-state index in [-0.39, 0.29) is 11.9 Å². The lowest BCUT2D eigenvalue weighted by Gasteiger charge is -2.10. The molecule has 4 heteroatoms. The van der Waals surface area contributed by atoms with E-state index < -0.39 is 0 Å². The lowest BCUT2D eigenvalue weighted by molar-refractivity contribution is 0.226. The molecule has 0 amide bonds. The standard InChI is InChI=1S/C10H11FN2O/c11-8-3-1-7(2-4-8)9-6-13-10(5-12)14-9/h1-4,9H,5-6,12H2. The summed E-state index contributed by atoms with van der Waals surface area (Å²) in [5.41, 5.74) is 6.31. The van der Waals surface area contributed by atoms with E-state index in [1.807, 2.05) is 0 Å². The third-order valence-corrected chi connectivity index (χ3v) is 2.13. The highest BCUT2D eigenvalue weighted by atomic mass is 19.1. The van der Waals surface area contributed by atoms with Crippen LogP contribution in [-0.4, -0.2) is 19.0 Å². The smallest absolute Gasteiger partial charge is 0.198 e. The molecule has 1 heterocycles. The van der Waals surface area contributed by atoms with Gasteiger partial charge in [-0.1, -0.05) is 12.1 Å². The molecule has 0 aromatic heterocycles. The molecule has 0 saturated heterocycles. The summed E-state index contributed by atoms with van der Waals surface area (Å²) in [6, 6.07) is 6.24. The quantitative estimate of drug-likeness (QED) is 0.770. The SMILES string of the molecule is NCC1=NCC(c2ccc(F)cc2)O1. The van der Waals surface area contributed by atoms with Gasteiger partial charge in [0.2, 0.25) is 0 Å². The van der Waals surface area contributed by atoms with Crippen LogP contribution in [0.5, 0.6) is 0 Å². The molecule has 0 saturated carbocycles. The number of hydrogen-bond acceptors (Lipinski definition) is 3. The second kappa shape index (κ2) is 3.75. The Bertz CT molecular complexity index is 348. The van der Waals surface area contributed by atoms with E-state index in [0.717, 1.165) is 5.56 Å². The van der Waals surface area contributed by atoms with Crippen LogP contribution in [0.1, 0.15) is 11.7 Å². The zero-order valence-electron chi connectivity index (χ0n) is 7.61. The highest BCUT2D eigenvalue weighted by Gasteiger charge is 2.20. The molecule has 0 spiro atoms. The molecule has 3 nitrogen and oxygen atoms in total. The summed E-state index contributed by atoms with van der Waals surface area (Å²) in [7, 11) is 0. The molecule has 0 aliphatic carbocycles. The van der Waals surface area contributed by atoms with Crippen molar-refractivity contribution in [2.45, 2.75) is 6.10 Å². The maximum absolute atomic E-state index is 12.6. The predicted molar refractivity (Wildman–Crippen MR) is 51.6 cm³/mol. The maximum Gasteiger partial charge on any atom is 0.198 e. The van der Waals surface area contributed by atoms with E-state index in [1.54, 1.807) is 12.1 Å². The van der Waals surface area contributed by atoms with Gasteiger partial charge in [0.1, 0.15) is 11.9 Å². The fourth-order valence-corrected chi connectivity index (χ4v) is 1.39. The molecule has 1 aromatic rings. The van der Waals surface area contributed by atoms with Gasteiger partial charge in [-0.25, -0.2) is 4.39 Å². The minimum absolute atomic E-state index is 0.103.